The molecular formula is C21H42Na2O7S2. The van der Waals surface area contributed by atoms with Crippen molar-refractivity contribution in [2.45, 2.75) is 122 Å². The Kier molecular flexibility index (Phi) is 36.5. The van der Waals surface area contributed by atoms with Crippen molar-refractivity contribution < 1.29 is 89.4 Å². The molecule has 0 aliphatic heterocycles. The summed E-state index contributed by atoms with van der Waals surface area (Å²) in [6.45, 7) is 7.76. The van der Waals surface area contributed by atoms with Crippen LogP contribution in [0.15, 0.2) is 0 Å². The predicted octanol–water partition coefficient (Wildman–Crippen LogP) is -0.985. The van der Waals surface area contributed by atoms with Crippen molar-refractivity contribution in [2.75, 3.05) is 5.75 Å². The minimum absolute atomic E-state index is 0. The fourth-order valence-corrected chi connectivity index (χ4v) is 3.82. The summed E-state index contributed by atoms with van der Waals surface area (Å²) in [7, 11) is -7.37. The maximum Gasteiger partial charge on any atom is 1.00 e. The summed E-state index contributed by atoms with van der Waals surface area (Å²) in [5.74, 6) is -0.546. The zero-order valence-corrected chi connectivity index (χ0v) is 26.5. The summed E-state index contributed by atoms with van der Waals surface area (Å²) in [5, 5.41) is 0. The largest absolute Gasteiger partial charge is 1.00 e. The monoisotopic (exact) mass is 516 g/mol. The Morgan fingerprint density at radius 2 is 1.09 bits per heavy atom. The van der Waals surface area contributed by atoms with Crippen molar-refractivity contribution >= 4 is 20.7 Å². The van der Waals surface area contributed by atoms with Gasteiger partial charge in [0, 0.05) is 5.75 Å². The summed E-state index contributed by atoms with van der Waals surface area (Å²) < 4.78 is 62.7. The molecule has 32 heavy (non-hydrogen) atoms. The first-order valence-electron chi connectivity index (χ1n) is 11.3. The molecule has 0 aromatic carbocycles. The normalized spacial score (nSPS) is 12.5. The zero-order chi connectivity index (χ0) is 23.3. The van der Waals surface area contributed by atoms with Gasteiger partial charge in [0.05, 0.1) is 16.2 Å². The summed E-state index contributed by atoms with van der Waals surface area (Å²) in [6.07, 6.45) is 18.7. The van der Waals surface area contributed by atoms with Crippen LogP contribution in [-0.2, 0) is 25.5 Å². The van der Waals surface area contributed by atoms with Gasteiger partial charge < -0.3 is 16.2 Å². The Hall–Kier alpha value is 1.49. The van der Waals surface area contributed by atoms with Crippen molar-refractivity contribution in [2.24, 2.45) is 0 Å². The maximum absolute atomic E-state index is 10.6. The third-order valence-electron chi connectivity index (χ3n) is 4.78. The molecule has 0 N–H and O–H groups in total. The molecule has 0 aromatic rings. The van der Waals surface area contributed by atoms with Crippen LogP contribution in [0.1, 0.15) is 110 Å². The van der Waals surface area contributed by atoms with Crippen molar-refractivity contribution in [3.05, 3.63) is 6.92 Å². The maximum atomic E-state index is 10.6. The summed E-state index contributed by atoms with van der Waals surface area (Å²) in [4.78, 5) is 0. The van der Waals surface area contributed by atoms with E-state index in [0.29, 0.717) is 0 Å². The van der Waals surface area contributed by atoms with E-state index in [4.69, 9.17) is 17.4 Å². The third-order valence-corrected chi connectivity index (χ3v) is 5.56. The first-order chi connectivity index (χ1) is 14.1. The standard InChI is InChI=1S/C21H43O4S.2Na.O3S/c1-4-5-6-7-8-9-10-11-12-13-14-15-16-17-18-20(2)25-21(3)19-26(22,23)24;;;1-4(2)3/h20-21H,3-19H2,1-2H3,(H,22,23,24);;;/q-1;2*+1;/p-1. The number of hydrogen-bond acceptors (Lipinski definition) is 7. The average Bonchev–Trinajstić information content (AvgIpc) is 2.59. The molecule has 182 valence electrons. The Morgan fingerprint density at radius 1 is 0.781 bits per heavy atom. The van der Waals surface area contributed by atoms with Gasteiger partial charge in [0.1, 0.15) is 0 Å². The Balaban J connectivity index is -0.000000598. The molecule has 0 heterocycles. The van der Waals surface area contributed by atoms with E-state index in [0.717, 1.165) is 12.8 Å². The molecule has 0 aliphatic rings. The Morgan fingerprint density at radius 3 is 1.41 bits per heavy atom. The molecule has 0 aromatic heterocycles. The van der Waals surface area contributed by atoms with Crippen LogP contribution in [0.4, 0.5) is 0 Å². The van der Waals surface area contributed by atoms with Crippen LogP contribution >= 0.6 is 0 Å². The fourth-order valence-electron chi connectivity index (χ4n) is 3.29. The topological polar surface area (TPSA) is 118 Å². The molecule has 0 saturated carbocycles. The van der Waals surface area contributed by atoms with Crippen LogP contribution in [0, 0.1) is 6.92 Å². The fraction of sp³-hybridized carbons (Fsp3) is 0.952. The number of rotatable bonds is 19. The van der Waals surface area contributed by atoms with Crippen LogP contribution in [0.5, 0.6) is 0 Å². The van der Waals surface area contributed by atoms with Crippen molar-refractivity contribution in [3.63, 3.8) is 0 Å². The van der Waals surface area contributed by atoms with Gasteiger partial charge in [-0.15, -0.1) is 12.6 Å². The van der Waals surface area contributed by atoms with Crippen LogP contribution < -0.4 is 59.1 Å². The van der Waals surface area contributed by atoms with Gasteiger partial charge in [-0.05, 0) is 13.3 Å². The zero-order valence-electron chi connectivity index (χ0n) is 20.8. The van der Waals surface area contributed by atoms with Gasteiger partial charge in [-0.3, -0.25) is 0 Å². The molecule has 2 atom stereocenters. The molecule has 0 amide bonds. The van der Waals surface area contributed by atoms with Crippen LogP contribution in [0.25, 0.3) is 0 Å². The number of unbranched alkanes of at least 4 members (excludes halogenated alkanes) is 13. The molecule has 0 fully saturated rings. The van der Waals surface area contributed by atoms with E-state index < -0.39 is 32.6 Å². The molecule has 7 nitrogen and oxygen atoms in total. The number of hydrogen-bond donors (Lipinski definition) is 0. The SMILES string of the molecule is O=S(=O)=O.[CH2-]C(CS(=O)(=O)[O-])OC(C)CCCCCCCCCCCCCCCC.[Na+].[Na+]. The van der Waals surface area contributed by atoms with Crippen LogP contribution in [-0.4, -0.2) is 43.6 Å². The third kappa shape index (κ3) is 41.7. The van der Waals surface area contributed by atoms with Gasteiger partial charge in [-0.2, -0.15) is 0 Å². The van der Waals surface area contributed by atoms with E-state index in [1.807, 2.05) is 6.92 Å². The molecule has 0 rings (SSSR count). The van der Waals surface area contributed by atoms with E-state index in [1.165, 1.54) is 83.5 Å². The summed E-state index contributed by atoms with van der Waals surface area (Å²) >= 11 is 0. The Labute approximate surface area is 243 Å². The van der Waals surface area contributed by atoms with E-state index in [2.05, 4.69) is 13.8 Å². The quantitative estimate of drug-likeness (QED) is 0.0937. The van der Waals surface area contributed by atoms with Crippen molar-refractivity contribution in [1.82, 2.24) is 0 Å². The smallest absolute Gasteiger partial charge is 0.748 e. The summed E-state index contributed by atoms with van der Waals surface area (Å²) in [6, 6.07) is 0. The van der Waals surface area contributed by atoms with Crippen LogP contribution in [0.2, 0.25) is 0 Å². The second kappa shape index (κ2) is 28.7. The van der Waals surface area contributed by atoms with Gasteiger partial charge in [-0.1, -0.05) is 103 Å². The molecule has 11 heteroatoms. The molecule has 0 aliphatic carbocycles. The molecule has 0 bridgehead atoms. The second-order valence-electron chi connectivity index (χ2n) is 7.88. The van der Waals surface area contributed by atoms with E-state index >= 15 is 0 Å². The second-order valence-corrected chi connectivity index (χ2v) is 9.74. The van der Waals surface area contributed by atoms with E-state index in [9.17, 15) is 13.0 Å². The molecule has 0 radical (unpaired) electrons. The van der Waals surface area contributed by atoms with E-state index in [1.54, 1.807) is 0 Å². The molecule has 0 spiro atoms. The molecule has 0 saturated heterocycles. The van der Waals surface area contributed by atoms with Gasteiger partial charge in [0.2, 0.25) is 0 Å². The van der Waals surface area contributed by atoms with E-state index in [-0.39, 0.29) is 65.2 Å². The first-order valence-corrected chi connectivity index (χ1v) is 13.8. The minimum Gasteiger partial charge on any atom is -0.748 e. The van der Waals surface area contributed by atoms with Crippen molar-refractivity contribution in [1.29, 1.82) is 0 Å². The van der Waals surface area contributed by atoms with Gasteiger partial charge in [-0.25, -0.2) is 8.42 Å². The molecule has 2 unspecified atom stereocenters. The van der Waals surface area contributed by atoms with Crippen LogP contribution in [0.3, 0.4) is 0 Å². The predicted molar refractivity (Wildman–Crippen MR) is 119 cm³/mol. The van der Waals surface area contributed by atoms with Gasteiger partial charge in [0.15, 0.2) is 0 Å². The average molecular weight is 517 g/mol. The first kappa shape index (κ1) is 40.7. The Bertz CT molecular complexity index is 577. The van der Waals surface area contributed by atoms with Gasteiger partial charge in [0.25, 0.3) is 0 Å². The molecular weight excluding hydrogens is 474 g/mol. The number of ether oxygens (including phenoxy) is 1. The van der Waals surface area contributed by atoms with Crippen molar-refractivity contribution in [3.8, 4) is 0 Å². The summed E-state index contributed by atoms with van der Waals surface area (Å²) in [5.41, 5.74) is 0. The van der Waals surface area contributed by atoms with Gasteiger partial charge >= 0.3 is 69.7 Å². The minimum atomic E-state index is -4.26.